The molecule has 0 spiro atoms. The molecule has 0 unspecified atom stereocenters. The minimum Gasteiger partial charge on any atom is -0.0920 e. The van der Waals surface area contributed by atoms with Gasteiger partial charge in [-0.1, -0.05) is 55.6 Å². The molecule has 0 amide bonds. The minimum atomic E-state index is 1.15. The summed E-state index contributed by atoms with van der Waals surface area (Å²) in [7, 11) is 2.22. The van der Waals surface area contributed by atoms with Crippen molar-refractivity contribution in [2.24, 2.45) is 0 Å². The number of benzene rings is 2. The SMILES string of the molecule is C[B]CCc1ccc2ccccc2c1. The second-order valence-electron chi connectivity index (χ2n) is 3.63. The molecule has 0 aliphatic carbocycles. The van der Waals surface area contributed by atoms with Crippen LogP contribution in [0.3, 0.4) is 0 Å². The summed E-state index contributed by atoms with van der Waals surface area (Å²) < 4.78 is 0. The zero-order valence-electron chi connectivity index (χ0n) is 8.53. The highest BCUT2D eigenvalue weighted by Gasteiger charge is 1.95. The predicted octanol–water partition coefficient (Wildman–Crippen LogP) is 3.55. The molecule has 14 heavy (non-hydrogen) atoms. The zero-order valence-corrected chi connectivity index (χ0v) is 8.53. The monoisotopic (exact) mass is 181 g/mol. The van der Waals surface area contributed by atoms with E-state index in [1.54, 1.807) is 0 Å². The number of hydrogen-bond acceptors (Lipinski definition) is 0. The Hall–Kier alpha value is -1.24. The largest absolute Gasteiger partial charge is 0.106 e. The average molecular weight is 181 g/mol. The van der Waals surface area contributed by atoms with Gasteiger partial charge in [0.15, 0.2) is 0 Å². The van der Waals surface area contributed by atoms with Crippen molar-refractivity contribution in [2.45, 2.75) is 19.6 Å². The van der Waals surface area contributed by atoms with Gasteiger partial charge in [0.05, 0.1) is 0 Å². The fourth-order valence-electron chi connectivity index (χ4n) is 1.71. The molecule has 2 rings (SSSR count). The van der Waals surface area contributed by atoms with Crippen molar-refractivity contribution in [3.05, 3.63) is 48.0 Å². The van der Waals surface area contributed by atoms with Gasteiger partial charge in [-0.25, -0.2) is 0 Å². The normalized spacial score (nSPS) is 10.4. The van der Waals surface area contributed by atoms with Crippen molar-refractivity contribution < 1.29 is 0 Å². The molecule has 0 saturated heterocycles. The average Bonchev–Trinajstić information content (AvgIpc) is 2.26. The Morgan fingerprint density at radius 1 is 1.00 bits per heavy atom. The van der Waals surface area contributed by atoms with Gasteiger partial charge in [-0.2, -0.15) is 0 Å². The van der Waals surface area contributed by atoms with E-state index in [9.17, 15) is 0 Å². The molecule has 2 aromatic carbocycles. The Bertz CT molecular complexity index is 420. The van der Waals surface area contributed by atoms with Crippen molar-refractivity contribution in [2.75, 3.05) is 0 Å². The Morgan fingerprint density at radius 3 is 2.57 bits per heavy atom. The summed E-state index contributed by atoms with van der Waals surface area (Å²) in [6.45, 7) is 2.11. The van der Waals surface area contributed by atoms with Gasteiger partial charge in [0, 0.05) is 0 Å². The summed E-state index contributed by atoms with van der Waals surface area (Å²) in [5, 5.41) is 2.68. The van der Waals surface area contributed by atoms with E-state index >= 15 is 0 Å². The summed E-state index contributed by atoms with van der Waals surface area (Å²) in [6.07, 6.45) is 2.32. The van der Waals surface area contributed by atoms with Gasteiger partial charge in [0.2, 0.25) is 0 Å². The van der Waals surface area contributed by atoms with Gasteiger partial charge in [0.1, 0.15) is 7.28 Å². The molecule has 0 bridgehead atoms. The van der Waals surface area contributed by atoms with E-state index in [1.165, 1.54) is 22.7 Å². The van der Waals surface area contributed by atoms with Gasteiger partial charge in [-0.15, -0.1) is 0 Å². The lowest BCUT2D eigenvalue weighted by Crippen LogP contribution is -1.88. The van der Waals surface area contributed by atoms with Gasteiger partial charge in [-0.3, -0.25) is 0 Å². The van der Waals surface area contributed by atoms with Crippen LogP contribution >= 0.6 is 0 Å². The van der Waals surface area contributed by atoms with E-state index < -0.39 is 0 Å². The fraction of sp³-hybridized carbons (Fsp3) is 0.231. The van der Waals surface area contributed by atoms with Crippen LogP contribution in [-0.2, 0) is 6.42 Å². The van der Waals surface area contributed by atoms with Gasteiger partial charge >= 0.3 is 0 Å². The van der Waals surface area contributed by atoms with Crippen LogP contribution in [0.4, 0.5) is 0 Å². The van der Waals surface area contributed by atoms with Crippen LogP contribution in [0.5, 0.6) is 0 Å². The molecule has 0 atom stereocenters. The van der Waals surface area contributed by atoms with Gasteiger partial charge < -0.3 is 0 Å². The van der Waals surface area contributed by atoms with E-state index in [-0.39, 0.29) is 0 Å². The summed E-state index contributed by atoms with van der Waals surface area (Å²) in [5.41, 5.74) is 1.43. The first-order chi connectivity index (χ1) is 6.90. The fourth-order valence-corrected chi connectivity index (χ4v) is 1.71. The molecule has 1 radical (unpaired) electrons. The highest BCUT2D eigenvalue weighted by atomic mass is 14.0. The smallest absolute Gasteiger partial charge is 0.0920 e. The Kier molecular flexibility index (Phi) is 2.88. The number of fused-ring (bicyclic) bond motifs is 1. The van der Waals surface area contributed by atoms with Crippen LogP contribution in [0.15, 0.2) is 42.5 Å². The van der Waals surface area contributed by atoms with E-state index in [2.05, 4.69) is 56.6 Å². The second-order valence-corrected chi connectivity index (χ2v) is 3.63. The van der Waals surface area contributed by atoms with Crippen molar-refractivity contribution >= 4 is 18.1 Å². The maximum atomic E-state index is 2.29. The topological polar surface area (TPSA) is 0 Å². The Balaban J connectivity index is 2.32. The van der Waals surface area contributed by atoms with Crippen molar-refractivity contribution in [1.29, 1.82) is 0 Å². The Labute approximate surface area is 86.2 Å². The first kappa shape index (κ1) is 9.33. The van der Waals surface area contributed by atoms with Crippen LogP contribution in [0.1, 0.15) is 5.56 Å². The molecule has 0 aromatic heterocycles. The quantitative estimate of drug-likeness (QED) is 0.635. The standard InChI is InChI=1S/C13H14B/c1-14-9-8-11-6-7-12-4-2-3-5-13(12)10-11/h2-7,10H,8-9H2,1H3. The van der Waals surface area contributed by atoms with Gasteiger partial charge in [-0.05, 0) is 22.8 Å². The van der Waals surface area contributed by atoms with Crippen LogP contribution in [0, 0.1) is 0 Å². The molecule has 0 aliphatic heterocycles. The van der Waals surface area contributed by atoms with Crippen LogP contribution < -0.4 is 0 Å². The first-order valence-corrected chi connectivity index (χ1v) is 5.15. The summed E-state index contributed by atoms with van der Waals surface area (Å²) >= 11 is 0. The van der Waals surface area contributed by atoms with Crippen molar-refractivity contribution in [3.8, 4) is 0 Å². The summed E-state index contributed by atoms with van der Waals surface area (Å²) in [5.74, 6) is 0. The number of rotatable bonds is 3. The lowest BCUT2D eigenvalue weighted by atomic mass is 9.76. The van der Waals surface area contributed by atoms with E-state index in [0.717, 1.165) is 6.42 Å². The molecule has 0 saturated carbocycles. The van der Waals surface area contributed by atoms with E-state index in [1.807, 2.05) is 0 Å². The van der Waals surface area contributed by atoms with Crippen LogP contribution in [0.2, 0.25) is 13.1 Å². The molecule has 1 heteroatoms. The van der Waals surface area contributed by atoms with E-state index in [4.69, 9.17) is 0 Å². The highest BCUT2D eigenvalue weighted by Crippen LogP contribution is 2.16. The molecule has 0 aliphatic rings. The summed E-state index contributed by atoms with van der Waals surface area (Å²) in [4.78, 5) is 0. The molecular weight excluding hydrogens is 167 g/mol. The molecule has 2 aromatic rings. The van der Waals surface area contributed by atoms with E-state index in [0.29, 0.717) is 0 Å². The number of aryl methyl sites for hydroxylation is 1. The first-order valence-electron chi connectivity index (χ1n) is 5.15. The Morgan fingerprint density at radius 2 is 1.79 bits per heavy atom. The number of hydrogen-bond donors (Lipinski definition) is 0. The third kappa shape index (κ3) is 1.98. The van der Waals surface area contributed by atoms with Gasteiger partial charge in [0.25, 0.3) is 0 Å². The molecule has 0 N–H and O–H groups in total. The second kappa shape index (κ2) is 4.32. The summed E-state index contributed by atoms with van der Waals surface area (Å²) in [6, 6.07) is 15.2. The third-order valence-electron chi connectivity index (χ3n) is 2.54. The van der Waals surface area contributed by atoms with Crippen LogP contribution in [-0.4, -0.2) is 7.28 Å². The maximum absolute atomic E-state index is 2.29. The molecule has 0 nitrogen and oxygen atoms in total. The zero-order chi connectivity index (χ0) is 9.80. The lowest BCUT2D eigenvalue weighted by Gasteiger charge is -2.02. The van der Waals surface area contributed by atoms with Crippen LogP contribution in [0.25, 0.3) is 10.8 Å². The molecule has 69 valence electrons. The van der Waals surface area contributed by atoms with Crippen molar-refractivity contribution in [1.82, 2.24) is 0 Å². The van der Waals surface area contributed by atoms with Crippen molar-refractivity contribution in [3.63, 3.8) is 0 Å². The third-order valence-corrected chi connectivity index (χ3v) is 2.54. The minimum absolute atomic E-state index is 1.15. The lowest BCUT2D eigenvalue weighted by molar-refractivity contribution is 1.13. The highest BCUT2D eigenvalue weighted by molar-refractivity contribution is 6.33. The predicted molar refractivity (Wildman–Crippen MR) is 64.1 cm³/mol. The molecule has 0 fully saturated rings. The molecule has 0 heterocycles. The molecular formula is C13H14B. The maximum Gasteiger partial charge on any atom is 0.106 e.